The van der Waals surface area contributed by atoms with Crippen molar-refractivity contribution in [1.29, 1.82) is 0 Å². The third-order valence-corrected chi connectivity index (χ3v) is 6.12. The minimum Gasteiger partial charge on any atom is -0.431 e. The molecule has 3 heterocycles. The van der Waals surface area contributed by atoms with Crippen molar-refractivity contribution in [3.8, 4) is 10.9 Å². The highest BCUT2D eigenvalue weighted by molar-refractivity contribution is 7.20. The van der Waals surface area contributed by atoms with Gasteiger partial charge < -0.3 is 10.1 Å². The number of amides is 1. The first-order chi connectivity index (χ1) is 14.1. The molecule has 1 fully saturated rings. The van der Waals surface area contributed by atoms with Gasteiger partial charge in [0.2, 0.25) is 5.91 Å². The normalized spacial score (nSPS) is 18.1. The number of thiazole rings is 1. The molecule has 3 aromatic rings. The number of aromatic nitrogens is 2. The van der Waals surface area contributed by atoms with Gasteiger partial charge >= 0.3 is 0 Å². The van der Waals surface area contributed by atoms with Crippen LogP contribution in [0.4, 0.5) is 0 Å². The van der Waals surface area contributed by atoms with Crippen molar-refractivity contribution in [2.75, 3.05) is 6.54 Å². The molecule has 7 heteroatoms. The van der Waals surface area contributed by atoms with Crippen LogP contribution in [0.25, 0.3) is 10.3 Å². The summed E-state index contributed by atoms with van der Waals surface area (Å²) in [6.07, 6.45) is 5.14. The molecule has 0 saturated carbocycles. The molecular formula is C22H26N4O2S. The first kappa shape index (κ1) is 19.8. The van der Waals surface area contributed by atoms with E-state index in [1.54, 1.807) is 13.1 Å². The Morgan fingerprint density at radius 3 is 2.93 bits per heavy atom. The minimum absolute atomic E-state index is 0.0431. The van der Waals surface area contributed by atoms with Crippen LogP contribution in [-0.4, -0.2) is 39.4 Å². The van der Waals surface area contributed by atoms with Gasteiger partial charge in [0.05, 0.1) is 4.70 Å². The molecule has 2 aromatic heterocycles. The molecule has 1 N–H and O–H groups in total. The highest BCUT2D eigenvalue weighted by Crippen LogP contribution is 2.30. The van der Waals surface area contributed by atoms with Crippen molar-refractivity contribution in [2.45, 2.75) is 51.7 Å². The first-order valence-corrected chi connectivity index (χ1v) is 10.9. The van der Waals surface area contributed by atoms with Gasteiger partial charge in [-0.1, -0.05) is 23.5 Å². The van der Waals surface area contributed by atoms with Crippen LogP contribution >= 0.6 is 11.3 Å². The summed E-state index contributed by atoms with van der Waals surface area (Å²) in [6.45, 7) is 5.69. The summed E-state index contributed by atoms with van der Waals surface area (Å²) in [5, 5.41) is 3.61. The van der Waals surface area contributed by atoms with E-state index in [-0.39, 0.29) is 11.9 Å². The number of carbonyl (C=O) groups is 1. The summed E-state index contributed by atoms with van der Waals surface area (Å²) in [4.78, 5) is 22.5. The zero-order valence-corrected chi connectivity index (χ0v) is 17.6. The fourth-order valence-electron chi connectivity index (χ4n) is 3.98. The zero-order chi connectivity index (χ0) is 20.2. The highest BCUT2D eigenvalue weighted by atomic mass is 32.1. The van der Waals surface area contributed by atoms with Crippen molar-refractivity contribution in [1.82, 2.24) is 20.2 Å². The standard InChI is InChI=1S/C22H26N4O2S/c1-15(24-16(2)27)13-18-5-4-12-26(18)14-17-7-9-19(10-8-17)28-22-25-21-20(29-22)6-3-11-23-21/h3,6-11,15,18H,4-5,12-14H2,1-2H3,(H,24,27). The zero-order valence-electron chi connectivity index (χ0n) is 16.8. The third-order valence-electron chi connectivity index (χ3n) is 5.23. The number of nitrogens with one attached hydrogen (secondary N) is 1. The maximum Gasteiger partial charge on any atom is 0.281 e. The van der Waals surface area contributed by atoms with E-state index in [2.05, 4.69) is 39.2 Å². The second kappa shape index (κ2) is 8.88. The van der Waals surface area contributed by atoms with Crippen LogP contribution in [0.15, 0.2) is 42.6 Å². The van der Waals surface area contributed by atoms with Gasteiger partial charge in [-0.25, -0.2) is 4.98 Å². The molecule has 0 radical (unpaired) electrons. The molecular weight excluding hydrogens is 384 g/mol. The number of ether oxygens (including phenoxy) is 1. The smallest absolute Gasteiger partial charge is 0.281 e. The molecule has 0 spiro atoms. The molecule has 1 amide bonds. The van der Waals surface area contributed by atoms with E-state index >= 15 is 0 Å². The molecule has 1 aliphatic heterocycles. The van der Waals surface area contributed by atoms with Crippen LogP contribution in [0.1, 0.15) is 38.7 Å². The van der Waals surface area contributed by atoms with Crippen molar-refractivity contribution >= 4 is 27.6 Å². The van der Waals surface area contributed by atoms with Gasteiger partial charge in [-0.2, -0.15) is 4.98 Å². The molecule has 6 nitrogen and oxygen atoms in total. The summed E-state index contributed by atoms with van der Waals surface area (Å²) in [6, 6.07) is 12.9. The van der Waals surface area contributed by atoms with Crippen molar-refractivity contribution in [3.05, 3.63) is 48.2 Å². The Hall–Kier alpha value is -2.51. The number of fused-ring (bicyclic) bond motifs is 1. The molecule has 29 heavy (non-hydrogen) atoms. The van der Waals surface area contributed by atoms with Gasteiger partial charge in [0.15, 0.2) is 5.65 Å². The number of hydrogen-bond donors (Lipinski definition) is 1. The fourth-order valence-corrected chi connectivity index (χ4v) is 4.77. The Labute approximate surface area is 174 Å². The number of benzene rings is 1. The van der Waals surface area contributed by atoms with Crippen LogP contribution < -0.4 is 10.1 Å². The predicted molar refractivity (Wildman–Crippen MR) is 115 cm³/mol. The molecule has 2 unspecified atom stereocenters. The van der Waals surface area contributed by atoms with Crippen LogP contribution in [0.2, 0.25) is 0 Å². The SMILES string of the molecule is CC(=O)NC(C)CC1CCCN1Cc1ccc(Oc2nc3ncccc3s2)cc1. The quantitative estimate of drug-likeness (QED) is 0.627. The molecule has 1 saturated heterocycles. The lowest BCUT2D eigenvalue weighted by Gasteiger charge is -2.27. The Kier molecular flexibility index (Phi) is 6.06. The second-order valence-corrected chi connectivity index (χ2v) is 8.65. The van der Waals surface area contributed by atoms with E-state index < -0.39 is 0 Å². The summed E-state index contributed by atoms with van der Waals surface area (Å²) in [7, 11) is 0. The molecule has 1 aromatic carbocycles. The van der Waals surface area contributed by atoms with Gasteiger partial charge in [0.25, 0.3) is 5.19 Å². The second-order valence-electron chi connectivity index (χ2n) is 7.65. The number of likely N-dealkylation sites (tertiary alicyclic amines) is 1. The van der Waals surface area contributed by atoms with E-state index in [1.807, 2.05) is 24.3 Å². The lowest BCUT2D eigenvalue weighted by atomic mass is 10.1. The minimum atomic E-state index is 0.0431. The Balaban J connectivity index is 1.35. The Morgan fingerprint density at radius 1 is 1.34 bits per heavy atom. The highest BCUT2D eigenvalue weighted by Gasteiger charge is 2.26. The van der Waals surface area contributed by atoms with Gasteiger partial charge in [-0.3, -0.25) is 9.69 Å². The van der Waals surface area contributed by atoms with E-state index in [4.69, 9.17) is 4.74 Å². The summed E-state index contributed by atoms with van der Waals surface area (Å²) >= 11 is 1.50. The number of carbonyl (C=O) groups excluding carboxylic acids is 1. The van der Waals surface area contributed by atoms with Gasteiger partial charge in [0, 0.05) is 31.7 Å². The monoisotopic (exact) mass is 410 g/mol. The fraction of sp³-hybridized carbons (Fsp3) is 0.409. The maximum atomic E-state index is 11.3. The predicted octanol–water partition coefficient (Wildman–Crippen LogP) is 4.36. The van der Waals surface area contributed by atoms with Crippen molar-refractivity contribution in [3.63, 3.8) is 0 Å². The number of rotatable bonds is 7. The molecule has 4 rings (SSSR count). The van der Waals surface area contributed by atoms with Crippen molar-refractivity contribution < 1.29 is 9.53 Å². The number of pyridine rings is 1. The van der Waals surface area contributed by atoms with Crippen LogP contribution in [0.5, 0.6) is 10.9 Å². The largest absolute Gasteiger partial charge is 0.431 e. The molecule has 2 atom stereocenters. The van der Waals surface area contributed by atoms with E-state index in [0.29, 0.717) is 11.2 Å². The third kappa shape index (κ3) is 5.10. The van der Waals surface area contributed by atoms with Gasteiger partial charge in [-0.05, 0) is 62.6 Å². The number of hydrogen-bond acceptors (Lipinski definition) is 6. The first-order valence-electron chi connectivity index (χ1n) is 10.1. The molecule has 0 bridgehead atoms. The number of nitrogens with zero attached hydrogens (tertiary/aromatic N) is 3. The average molecular weight is 411 g/mol. The Morgan fingerprint density at radius 2 is 2.17 bits per heavy atom. The van der Waals surface area contributed by atoms with Crippen LogP contribution in [0.3, 0.4) is 0 Å². The molecule has 1 aliphatic rings. The van der Waals surface area contributed by atoms with Gasteiger partial charge in [-0.15, -0.1) is 0 Å². The summed E-state index contributed by atoms with van der Waals surface area (Å²) < 4.78 is 6.93. The lowest BCUT2D eigenvalue weighted by molar-refractivity contribution is -0.119. The average Bonchev–Trinajstić information content (AvgIpc) is 3.28. The van der Waals surface area contributed by atoms with Crippen LogP contribution in [0, 0.1) is 0 Å². The van der Waals surface area contributed by atoms with E-state index in [0.717, 1.165) is 35.6 Å². The lowest BCUT2D eigenvalue weighted by Crippen LogP contribution is -2.38. The maximum absolute atomic E-state index is 11.3. The van der Waals surface area contributed by atoms with Crippen LogP contribution in [-0.2, 0) is 11.3 Å². The topological polar surface area (TPSA) is 67.4 Å². The van der Waals surface area contributed by atoms with Gasteiger partial charge in [0.1, 0.15) is 5.75 Å². The van der Waals surface area contributed by atoms with E-state index in [1.165, 1.54) is 29.7 Å². The Bertz CT molecular complexity index is 939. The van der Waals surface area contributed by atoms with Crippen molar-refractivity contribution in [2.24, 2.45) is 0 Å². The molecule has 152 valence electrons. The summed E-state index contributed by atoms with van der Waals surface area (Å²) in [5.41, 5.74) is 1.99. The van der Waals surface area contributed by atoms with E-state index in [9.17, 15) is 4.79 Å². The molecule has 0 aliphatic carbocycles. The summed E-state index contributed by atoms with van der Waals surface area (Å²) in [5.74, 6) is 0.826.